The Hall–Kier alpha value is -1.07. The standard InChI is InChI=1S/C15H21BrN2O2/c1-2-18(13-4-5-13)15(19)10-20-14-6-3-12(16)9-11(14)7-8-17/h3,6,9,13H,2,4-5,7-8,10,17H2,1H3. The maximum Gasteiger partial charge on any atom is 0.260 e. The van der Waals surface area contributed by atoms with Crippen molar-refractivity contribution in [2.24, 2.45) is 5.73 Å². The Kier molecular flexibility index (Phi) is 5.43. The first-order valence-corrected chi connectivity index (χ1v) is 7.85. The largest absolute Gasteiger partial charge is 0.483 e. The van der Waals surface area contributed by atoms with E-state index >= 15 is 0 Å². The van der Waals surface area contributed by atoms with E-state index in [9.17, 15) is 4.79 Å². The van der Waals surface area contributed by atoms with Crippen LogP contribution in [0.15, 0.2) is 22.7 Å². The summed E-state index contributed by atoms with van der Waals surface area (Å²) in [5, 5.41) is 0. The lowest BCUT2D eigenvalue weighted by molar-refractivity contribution is -0.133. The van der Waals surface area contributed by atoms with E-state index in [0.29, 0.717) is 12.6 Å². The minimum atomic E-state index is 0.0663. The molecule has 0 unspecified atom stereocenters. The van der Waals surface area contributed by atoms with E-state index in [-0.39, 0.29) is 12.5 Å². The van der Waals surface area contributed by atoms with Crippen molar-refractivity contribution < 1.29 is 9.53 Å². The zero-order valence-electron chi connectivity index (χ0n) is 11.8. The zero-order valence-corrected chi connectivity index (χ0v) is 13.4. The molecule has 5 heteroatoms. The smallest absolute Gasteiger partial charge is 0.260 e. The average molecular weight is 341 g/mol. The van der Waals surface area contributed by atoms with Crippen LogP contribution < -0.4 is 10.5 Å². The number of carbonyl (C=O) groups excluding carboxylic acids is 1. The zero-order chi connectivity index (χ0) is 14.5. The van der Waals surface area contributed by atoms with Crippen LogP contribution >= 0.6 is 15.9 Å². The molecule has 0 aromatic heterocycles. The summed E-state index contributed by atoms with van der Waals surface area (Å²) in [6.45, 7) is 3.42. The molecule has 4 nitrogen and oxygen atoms in total. The molecular formula is C15H21BrN2O2. The van der Waals surface area contributed by atoms with Crippen LogP contribution in [-0.4, -0.2) is 36.5 Å². The molecule has 2 N–H and O–H groups in total. The number of hydrogen-bond donors (Lipinski definition) is 1. The molecule has 1 aliphatic rings. The molecule has 1 aromatic carbocycles. The van der Waals surface area contributed by atoms with Crippen LogP contribution in [0.5, 0.6) is 5.75 Å². The average Bonchev–Trinajstić information content (AvgIpc) is 3.24. The van der Waals surface area contributed by atoms with Crippen LogP contribution in [0.2, 0.25) is 0 Å². The number of benzene rings is 1. The molecule has 0 radical (unpaired) electrons. The van der Waals surface area contributed by atoms with Crippen molar-refractivity contribution in [3.63, 3.8) is 0 Å². The summed E-state index contributed by atoms with van der Waals surface area (Å²) < 4.78 is 6.69. The Morgan fingerprint density at radius 1 is 1.50 bits per heavy atom. The van der Waals surface area contributed by atoms with Crippen molar-refractivity contribution in [2.45, 2.75) is 32.2 Å². The van der Waals surface area contributed by atoms with Crippen molar-refractivity contribution in [3.8, 4) is 5.75 Å². The Balaban J connectivity index is 1.97. The van der Waals surface area contributed by atoms with Gasteiger partial charge in [0.1, 0.15) is 5.75 Å². The van der Waals surface area contributed by atoms with E-state index in [4.69, 9.17) is 10.5 Å². The van der Waals surface area contributed by atoms with Gasteiger partial charge in [0.25, 0.3) is 5.91 Å². The fourth-order valence-electron chi connectivity index (χ4n) is 2.29. The van der Waals surface area contributed by atoms with Gasteiger partial charge in [-0.3, -0.25) is 4.79 Å². The first-order chi connectivity index (χ1) is 9.65. The summed E-state index contributed by atoms with van der Waals surface area (Å²) in [6.07, 6.45) is 2.98. The van der Waals surface area contributed by atoms with Gasteiger partial charge < -0.3 is 15.4 Å². The Bertz CT molecular complexity index is 475. The van der Waals surface area contributed by atoms with Gasteiger partial charge in [0.15, 0.2) is 6.61 Å². The molecule has 0 bridgehead atoms. The quantitative estimate of drug-likeness (QED) is 0.828. The third-order valence-electron chi connectivity index (χ3n) is 3.44. The number of rotatable bonds is 7. The highest BCUT2D eigenvalue weighted by Gasteiger charge is 2.31. The maximum atomic E-state index is 12.1. The van der Waals surface area contributed by atoms with E-state index in [1.165, 1.54) is 0 Å². The van der Waals surface area contributed by atoms with Crippen LogP contribution in [0, 0.1) is 0 Å². The summed E-state index contributed by atoms with van der Waals surface area (Å²) in [5.74, 6) is 0.815. The van der Waals surface area contributed by atoms with E-state index < -0.39 is 0 Å². The van der Waals surface area contributed by atoms with Crippen molar-refractivity contribution in [3.05, 3.63) is 28.2 Å². The molecule has 2 rings (SSSR count). The van der Waals surface area contributed by atoms with E-state index in [1.807, 2.05) is 30.0 Å². The molecule has 0 saturated heterocycles. The first kappa shape index (κ1) is 15.3. The van der Waals surface area contributed by atoms with E-state index in [0.717, 1.165) is 41.6 Å². The molecule has 1 aromatic rings. The topological polar surface area (TPSA) is 55.6 Å². The Morgan fingerprint density at radius 3 is 2.85 bits per heavy atom. The fourth-order valence-corrected chi connectivity index (χ4v) is 2.69. The third kappa shape index (κ3) is 3.96. The molecule has 0 spiro atoms. The monoisotopic (exact) mass is 340 g/mol. The Morgan fingerprint density at radius 2 is 2.25 bits per heavy atom. The van der Waals surface area contributed by atoms with Gasteiger partial charge in [-0.2, -0.15) is 0 Å². The fraction of sp³-hybridized carbons (Fsp3) is 0.533. The SMILES string of the molecule is CCN(C(=O)COc1ccc(Br)cc1CCN)C1CC1. The maximum absolute atomic E-state index is 12.1. The number of carbonyl (C=O) groups is 1. The minimum Gasteiger partial charge on any atom is -0.483 e. The molecule has 0 atom stereocenters. The number of amides is 1. The van der Waals surface area contributed by atoms with Gasteiger partial charge in [0.05, 0.1) is 0 Å². The highest BCUT2D eigenvalue weighted by atomic mass is 79.9. The molecule has 110 valence electrons. The van der Waals surface area contributed by atoms with Gasteiger partial charge >= 0.3 is 0 Å². The number of ether oxygens (including phenoxy) is 1. The molecule has 1 amide bonds. The number of nitrogens with zero attached hydrogens (tertiary/aromatic N) is 1. The molecule has 0 heterocycles. The van der Waals surface area contributed by atoms with Gasteiger partial charge in [-0.25, -0.2) is 0 Å². The van der Waals surface area contributed by atoms with Crippen molar-refractivity contribution >= 4 is 21.8 Å². The van der Waals surface area contributed by atoms with Crippen molar-refractivity contribution in [1.82, 2.24) is 4.90 Å². The number of nitrogens with two attached hydrogens (primary N) is 1. The summed E-state index contributed by atoms with van der Waals surface area (Å²) in [5.41, 5.74) is 6.64. The summed E-state index contributed by atoms with van der Waals surface area (Å²) in [6, 6.07) is 6.23. The lowest BCUT2D eigenvalue weighted by Crippen LogP contribution is -2.36. The van der Waals surface area contributed by atoms with Crippen LogP contribution in [0.1, 0.15) is 25.3 Å². The molecular weight excluding hydrogens is 320 g/mol. The molecule has 0 aliphatic heterocycles. The Labute approximate surface area is 128 Å². The predicted octanol–water partition coefficient (Wildman–Crippen LogP) is 2.34. The third-order valence-corrected chi connectivity index (χ3v) is 3.93. The van der Waals surface area contributed by atoms with E-state index in [2.05, 4.69) is 15.9 Å². The van der Waals surface area contributed by atoms with Crippen LogP contribution in [-0.2, 0) is 11.2 Å². The van der Waals surface area contributed by atoms with Crippen LogP contribution in [0.25, 0.3) is 0 Å². The van der Waals surface area contributed by atoms with Crippen molar-refractivity contribution in [1.29, 1.82) is 0 Å². The summed E-state index contributed by atoms with van der Waals surface area (Å²) in [4.78, 5) is 14.0. The highest BCUT2D eigenvalue weighted by molar-refractivity contribution is 9.10. The molecule has 1 aliphatic carbocycles. The second-order valence-electron chi connectivity index (χ2n) is 4.99. The molecule has 1 saturated carbocycles. The van der Waals surface area contributed by atoms with E-state index in [1.54, 1.807) is 0 Å². The van der Waals surface area contributed by atoms with Gasteiger partial charge in [-0.1, -0.05) is 15.9 Å². The summed E-state index contributed by atoms with van der Waals surface area (Å²) in [7, 11) is 0. The van der Waals surface area contributed by atoms with Gasteiger partial charge in [0, 0.05) is 17.1 Å². The first-order valence-electron chi connectivity index (χ1n) is 7.06. The van der Waals surface area contributed by atoms with Gasteiger partial charge in [-0.15, -0.1) is 0 Å². The highest BCUT2D eigenvalue weighted by Crippen LogP contribution is 2.27. The lowest BCUT2D eigenvalue weighted by Gasteiger charge is -2.21. The minimum absolute atomic E-state index is 0.0663. The second-order valence-corrected chi connectivity index (χ2v) is 5.91. The second kappa shape index (κ2) is 7.09. The number of halogens is 1. The number of hydrogen-bond acceptors (Lipinski definition) is 3. The molecule has 20 heavy (non-hydrogen) atoms. The summed E-state index contributed by atoms with van der Waals surface area (Å²) >= 11 is 3.44. The number of likely N-dealkylation sites (N-methyl/N-ethyl adjacent to an activating group) is 1. The predicted molar refractivity (Wildman–Crippen MR) is 82.8 cm³/mol. The van der Waals surface area contributed by atoms with Crippen LogP contribution in [0.3, 0.4) is 0 Å². The molecule has 1 fully saturated rings. The lowest BCUT2D eigenvalue weighted by atomic mass is 10.1. The van der Waals surface area contributed by atoms with Gasteiger partial charge in [0.2, 0.25) is 0 Å². The van der Waals surface area contributed by atoms with Crippen molar-refractivity contribution in [2.75, 3.05) is 19.7 Å². The normalized spacial score (nSPS) is 14.2. The van der Waals surface area contributed by atoms with Gasteiger partial charge in [-0.05, 0) is 56.5 Å². The van der Waals surface area contributed by atoms with Crippen LogP contribution in [0.4, 0.5) is 0 Å².